The fourth-order valence-electron chi connectivity index (χ4n) is 2.75. The summed E-state index contributed by atoms with van der Waals surface area (Å²) < 4.78 is 5.72. The van der Waals surface area contributed by atoms with Crippen molar-refractivity contribution in [2.45, 2.75) is 39.0 Å². The van der Waals surface area contributed by atoms with Crippen molar-refractivity contribution in [2.75, 3.05) is 13.2 Å². The Hall–Kier alpha value is -3.06. The summed E-state index contributed by atoms with van der Waals surface area (Å²) in [5.74, 6) is 0.453. The number of nitriles is 1. The number of hydrogen-bond donors (Lipinski definition) is 1. The molecule has 0 unspecified atom stereocenters. The van der Waals surface area contributed by atoms with E-state index < -0.39 is 0 Å². The van der Waals surface area contributed by atoms with Gasteiger partial charge >= 0.3 is 0 Å². The largest absolute Gasteiger partial charge is 0.494 e. The van der Waals surface area contributed by atoms with Gasteiger partial charge in [-0.15, -0.1) is 0 Å². The molecule has 1 amide bonds. The van der Waals surface area contributed by atoms with Crippen LogP contribution < -0.4 is 10.1 Å². The summed E-state index contributed by atoms with van der Waals surface area (Å²) in [4.78, 5) is 12.2. The number of carbonyl (C=O) groups excluding carboxylic acids is 1. The van der Waals surface area contributed by atoms with Crippen LogP contribution in [0, 0.1) is 11.3 Å². The number of ether oxygens (including phenoxy) is 1. The van der Waals surface area contributed by atoms with Crippen LogP contribution >= 0.6 is 0 Å². The zero-order valence-electron chi connectivity index (χ0n) is 16.5. The van der Waals surface area contributed by atoms with Crippen LogP contribution in [0.25, 0.3) is 6.08 Å². The summed E-state index contributed by atoms with van der Waals surface area (Å²) in [5, 5.41) is 12.1. The first-order valence-corrected chi connectivity index (χ1v) is 9.89. The van der Waals surface area contributed by atoms with E-state index in [4.69, 9.17) is 4.74 Å². The first-order chi connectivity index (χ1) is 13.7. The lowest BCUT2D eigenvalue weighted by Gasteiger charge is -2.07. The van der Waals surface area contributed by atoms with Crippen molar-refractivity contribution in [3.8, 4) is 11.8 Å². The fourth-order valence-corrected chi connectivity index (χ4v) is 2.75. The summed E-state index contributed by atoms with van der Waals surface area (Å²) in [7, 11) is 0. The Kier molecular flexibility index (Phi) is 9.37. The number of nitrogens with zero attached hydrogens (tertiary/aromatic N) is 1. The lowest BCUT2D eigenvalue weighted by molar-refractivity contribution is -0.117. The van der Waals surface area contributed by atoms with Crippen LogP contribution in [0.15, 0.2) is 60.2 Å². The molecule has 0 atom stereocenters. The van der Waals surface area contributed by atoms with Gasteiger partial charge in [0.25, 0.3) is 5.91 Å². The number of carbonyl (C=O) groups is 1. The van der Waals surface area contributed by atoms with Crippen LogP contribution in [-0.2, 0) is 11.2 Å². The summed E-state index contributed by atoms with van der Waals surface area (Å²) in [6.45, 7) is 3.39. The SMILES string of the molecule is CCCCCCOc1ccc(/C=C(\C#N)C(=O)NCCc2ccccc2)cc1. The van der Waals surface area contributed by atoms with Gasteiger partial charge in [-0.3, -0.25) is 4.79 Å². The van der Waals surface area contributed by atoms with Crippen LogP contribution in [0.3, 0.4) is 0 Å². The molecule has 1 N–H and O–H groups in total. The van der Waals surface area contributed by atoms with Crippen molar-refractivity contribution in [1.29, 1.82) is 5.26 Å². The molecule has 2 aromatic rings. The van der Waals surface area contributed by atoms with Crippen molar-refractivity contribution in [1.82, 2.24) is 5.32 Å². The average molecular weight is 377 g/mol. The molecule has 4 heteroatoms. The van der Waals surface area contributed by atoms with E-state index in [9.17, 15) is 10.1 Å². The average Bonchev–Trinajstić information content (AvgIpc) is 2.73. The fraction of sp³-hybridized carbons (Fsp3) is 0.333. The second-order valence-corrected chi connectivity index (χ2v) is 6.64. The maximum absolute atomic E-state index is 12.2. The Morgan fingerprint density at radius 1 is 1.07 bits per heavy atom. The third kappa shape index (κ3) is 7.67. The van der Waals surface area contributed by atoms with E-state index in [2.05, 4.69) is 12.2 Å². The van der Waals surface area contributed by atoms with Gasteiger partial charge in [-0.1, -0.05) is 68.7 Å². The molecular formula is C24H28N2O2. The van der Waals surface area contributed by atoms with Crippen LogP contribution in [-0.4, -0.2) is 19.1 Å². The molecule has 0 heterocycles. The molecule has 0 fully saturated rings. The molecule has 2 rings (SSSR count). The Bertz CT molecular complexity index is 790. The normalized spacial score (nSPS) is 10.9. The highest BCUT2D eigenvalue weighted by atomic mass is 16.5. The van der Waals surface area contributed by atoms with Crippen molar-refractivity contribution in [2.24, 2.45) is 0 Å². The number of benzene rings is 2. The molecule has 0 bridgehead atoms. The van der Waals surface area contributed by atoms with Gasteiger partial charge < -0.3 is 10.1 Å². The van der Waals surface area contributed by atoms with Crippen LogP contribution in [0.4, 0.5) is 0 Å². The molecule has 28 heavy (non-hydrogen) atoms. The Morgan fingerprint density at radius 3 is 2.50 bits per heavy atom. The molecule has 0 aliphatic carbocycles. The lowest BCUT2D eigenvalue weighted by Crippen LogP contribution is -2.26. The molecule has 0 aliphatic heterocycles. The summed E-state index contributed by atoms with van der Waals surface area (Å²) in [6.07, 6.45) is 7.01. The Labute approximate surface area is 167 Å². The Balaban J connectivity index is 1.83. The van der Waals surface area contributed by atoms with E-state index in [0.717, 1.165) is 29.7 Å². The molecule has 0 saturated heterocycles. The minimum Gasteiger partial charge on any atom is -0.494 e. The lowest BCUT2D eigenvalue weighted by atomic mass is 10.1. The van der Waals surface area contributed by atoms with Crippen molar-refractivity contribution >= 4 is 12.0 Å². The van der Waals surface area contributed by atoms with Crippen LogP contribution in [0.5, 0.6) is 5.75 Å². The zero-order valence-corrected chi connectivity index (χ0v) is 16.5. The third-order valence-corrected chi connectivity index (χ3v) is 4.36. The number of unbranched alkanes of at least 4 members (excludes halogenated alkanes) is 3. The van der Waals surface area contributed by atoms with Crippen LogP contribution in [0.1, 0.15) is 43.7 Å². The number of hydrogen-bond acceptors (Lipinski definition) is 3. The van der Waals surface area contributed by atoms with Crippen molar-refractivity contribution in [3.63, 3.8) is 0 Å². The van der Waals surface area contributed by atoms with E-state index >= 15 is 0 Å². The highest BCUT2D eigenvalue weighted by Gasteiger charge is 2.08. The van der Waals surface area contributed by atoms with Crippen molar-refractivity contribution in [3.05, 3.63) is 71.3 Å². The molecule has 0 radical (unpaired) electrons. The highest BCUT2D eigenvalue weighted by molar-refractivity contribution is 6.01. The summed E-state index contributed by atoms with van der Waals surface area (Å²) in [6, 6.07) is 19.4. The van der Waals surface area contributed by atoms with Gasteiger partial charge in [-0.25, -0.2) is 0 Å². The predicted molar refractivity (Wildman–Crippen MR) is 113 cm³/mol. The van der Waals surface area contributed by atoms with Gasteiger partial charge in [0.1, 0.15) is 17.4 Å². The molecule has 0 saturated carbocycles. The molecule has 0 aromatic heterocycles. The topological polar surface area (TPSA) is 62.1 Å². The molecule has 0 spiro atoms. The first kappa shape index (κ1) is 21.2. The summed E-state index contributed by atoms with van der Waals surface area (Å²) in [5.41, 5.74) is 2.05. The monoisotopic (exact) mass is 376 g/mol. The number of rotatable bonds is 11. The number of nitrogens with one attached hydrogen (secondary N) is 1. The predicted octanol–water partition coefficient (Wildman–Crippen LogP) is 4.91. The van der Waals surface area contributed by atoms with Gasteiger partial charge in [-0.2, -0.15) is 5.26 Å². The quantitative estimate of drug-likeness (QED) is 0.344. The second kappa shape index (κ2) is 12.3. The van der Waals surface area contributed by atoms with Crippen molar-refractivity contribution < 1.29 is 9.53 Å². The maximum atomic E-state index is 12.2. The third-order valence-electron chi connectivity index (χ3n) is 4.36. The molecule has 0 aliphatic rings. The van der Waals surface area contributed by atoms with Gasteiger partial charge in [0.15, 0.2) is 0 Å². The maximum Gasteiger partial charge on any atom is 0.261 e. The van der Waals surface area contributed by atoms with E-state index in [0.29, 0.717) is 13.2 Å². The molecule has 146 valence electrons. The Morgan fingerprint density at radius 2 is 1.82 bits per heavy atom. The summed E-state index contributed by atoms with van der Waals surface area (Å²) >= 11 is 0. The minimum absolute atomic E-state index is 0.0984. The van der Waals surface area contributed by atoms with Gasteiger partial charge in [0.05, 0.1) is 6.61 Å². The first-order valence-electron chi connectivity index (χ1n) is 9.89. The van der Waals surface area contributed by atoms with Crippen LogP contribution in [0.2, 0.25) is 0 Å². The van der Waals surface area contributed by atoms with E-state index in [1.807, 2.05) is 60.7 Å². The van der Waals surface area contributed by atoms with E-state index in [-0.39, 0.29) is 11.5 Å². The molecule has 4 nitrogen and oxygen atoms in total. The standard InChI is InChI=1S/C24H28N2O2/c1-2-3-4-8-17-28-23-13-11-21(12-14-23)18-22(19-25)24(27)26-16-15-20-9-6-5-7-10-20/h5-7,9-14,18H,2-4,8,15-17H2,1H3,(H,26,27)/b22-18+. The highest BCUT2D eigenvalue weighted by Crippen LogP contribution is 2.15. The molecular weight excluding hydrogens is 348 g/mol. The molecule has 2 aromatic carbocycles. The van der Waals surface area contributed by atoms with Gasteiger partial charge in [0.2, 0.25) is 0 Å². The second-order valence-electron chi connectivity index (χ2n) is 6.64. The van der Waals surface area contributed by atoms with Gasteiger partial charge in [0, 0.05) is 6.54 Å². The zero-order chi connectivity index (χ0) is 20.0. The van der Waals surface area contributed by atoms with E-state index in [1.165, 1.54) is 19.3 Å². The minimum atomic E-state index is -0.352. The smallest absolute Gasteiger partial charge is 0.261 e. The van der Waals surface area contributed by atoms with E-state index in [1.54, 1.807) is 6.08 Å². The number of amides is 1. The van der Waals surface area contributed by atoms with Gasteiger partial charge in [-0.05, 0) is 42.2 Å².